The van der Waals surface area contributed by atoms with Gasteiger partial charge in [0.05, 0.1) is 5.69 Å². The summed E-state index contributed by atoms with van der Waals surface area (Å²) in [4.78, 5) is 6.33. The summed E-state index contributed by atoms with van der Waals surface area (Å²) in [5, 5.41) is 3.21. The van der Waals surface area contributed by atoms with Crippen LogP contribution in [0.4, 0.5) is 5.69 Å². The maximum atomic E-state index is 12.9. The van der Waals surface area contributed by atoms with Gasteiger partial charge in [-0.15, -0.1) is 0 Å². The number of rotatable bonds is 5. The predicted octanol–water partition coefficient (Wildman–Crippen LogP) is 1.23. The number of piperazine rings is 1. The van der Waals surface area contributed by atoms with Crippen molar-refractivity contribution in [2.45, 2.75) is 31.3 Å². The summed E-state index contributed by atoms with van der Waals surface area (Å²) in [7, 11) is -1.50. The van der Waals surface area contributed by atoms with Gasteiger partial charge in [0, 0.05) is 38.4 Å². The molecular weight excluding hydrogens is 288 g/mol. The first-order chi connectivity index (χ1) is 10.0. The van der Waals surface area contributed by atoms with Crippen LogP contribution < -0.4 is 5.32 Å². The molecule has 7 heteroatoms. The van der Waals surface area contributed by atoms with Crippen LogP contribution in [0.25, 0.3) is 0 Å². The summed E-state index contributed by atoms with van der Waals surface area (Å²) >= 11 is 0. The first-order valence-electron chi connectivity index (χ1n) is 7.40. The molecule has 0 amide bonds. The van der Waals surface area contributed by atoms with E-state index in [0.29, 0.717) is 25.3 Å². The van der Waals surface area contributed by atoms with Gasteiger partial charge < -0.3 is 10.2 Å². The molecule has 1 aromatic heterocycles. The Hall–Kier alpha value is -1.18. The lowest BCUT2D eigenvalue weighted by molar-refractivity contribution is 0.144. The number of hydrogen-bond donors (Lipinski definition) is 1. The lowest BCUT2D eigenvalue weighted by Crippen LogP contribution is -2.53. The number of nitrogens with zero attached hydrogens (tertiary/aromatic N) is 3. The van der Waals surface area contributed by atoms with Gasteiger partial charge in [0.15, 0.2) is 5.03 Å². The molecule has 1 aromatic rings. The van der Waals surface area contributed by atoms with Crippen molar-refractivity contribution in [2.75, 3.05) is 38.5 Å². The Labute approximate surface area is 127 Å². The van der Waals surface area contributed by atoms with Crippen molar-refractivity contribution in [1.82, 2.24) is 14.2 Å². The van der Waals surface area contributed by atoms with Crippen LogP contribution in [0.2, 0.25) is 0 Å². The van der Waals surface area contributed by atoms with E-state index in [1.54, 1.807) is 16.4 Å². The van der Waals surface area contributed by atoms with Crippen LogP contribution in [0.15, 0.2) is 23.4 Å². The second-order valence-electron chi connectivity index (χ2n) is 5.29. The number of aromatic nitrogens is 1. The zero-order valence-electron chi connectivity index (χ0n) is 12.9. The van der Waals surface area contributed by atoms with Gasteiger partial charge in [0.25, 0.3) is 10.0 Å². The quantitative estimate of drug-likeness (QED) is 0.886. The van der Waals surface area contributed by atoms with E-state index in [9.17, 15) is 8.42 Å². The van der Waals surface area contributed by atoms with Crippen LogP contribution in [0.3, 0.4) is 0 Å². The van der Waals surface area contributed by atoms with Crippen LogP contribution in [0.5, 0.6) is 0 Å². The van der Waals surface area contributed by atoms with E-state index in [0.717, 1.165) is 13.0 Å². The highest BCUT2D eigenvalue weighted by atomic mass is 32.2. The fraction of sp³-hybridized carbons (Fsp3) is 0.643. The highest BCUT2D eigenvalue weighted by molar-refractivity contribution is 7.89. The van der Waals surface area contributed by atoms with Crippen molar-refractivity contribution < 1.29 is 8.42 Å². The molecule has 0 saturated carbocycles. The molecule has 1 aliphatic heterocycles. The van der Waals surface area contributed by atoms with Gasteiger partial charge in [0.1, 0.15) is 0 Å². The molecule has 2 rings (SSSR count). The molecule has 0 radical (unpaired) electrons. The van der Waals surface area contributed by atoms with Gasteiger partial charge in [-0.2, -0.15) is 4.31 Å². The van der Waals surface area contributed by atoms with Gasteiger partial charge >= 0.3 is 0 Å². The average molecular weight is 312 g/mol. The van der Waals surface area contributed by atoms with Gasteiger partial charge in [-0.1, -0.05) is 6.92 Å². The zero-order valence-corrected chi connectivity index (χ0v) is 13.7. The normalized spacial score (nSPS) is 21.4. The molecule has 1 unspecified atom stereocenters. The summed E-state index contributed by atoms with van der Waals surface area (Å²) in [6, 6.07) is 3.77. The minimum absolute atomic E-state index is 0.131. The third-order valence-electron chi connectivity index (χ3n) is 3.93. The maximum absolute atomic E-state index is 12.9. The van der Waals surface area contributed by atoms with E-state index in [-0.39, 0.29) is 11.1 Å². The Bertz CT molecular complexity index is 576. The van der Waals surface area contributed by atoms with Crippen LogP contribution in [0.1, 0.15) is 20.3 Å². The maximum Gasteiger partial charge on any atom is 0.262 e. The van der Waals surface area contributed by atoms with Crippen molar-refractivity contribution in [3.8, 4) is 0 Å². The molecular formula is C14H24N4O2S. The van der Waals surface area contributed by atoms with Crippen molar-refractivity contribution in [2.24, 2.45) is 0 Å². The molecule has 0 aromatic carbocycles. The fourth-order valence-electron chi connectivity index (χ4n) is 2.62. The van der Waals surface area contributed by atoms with Crippen molar-refractivity contribution in [3.05, 3.63) is 18.3 Å². The van der Waals surface area contributed by atoms with Crippen LogP contribution in [0, 0.1) is 0 Å². The Morgan fingerprint density at radius 2 is 2.14 bits per heavy atom. The van der Waals surface area contributed by atoms with E-state index in [4.69, 9.17) is 0 Å². The fourth-order valence-corrected chi connectivity index (χ4v) is 4.17. The number of nitrogens with one attached hydrogen (secondary N) is 1. The molecule has 0 bridgehead atoms. The summed E-state index contributed by atoms with van der Waals surface area (Å²) in [6.07, 6.45) is 2.46. The molecule has 21 heavy (non-hydrogen) atoms. The molecule has 2 heterocycles. The second kappa shape index (κ2) is 6.72. The van der Waals surface area contributed by atoms with E-state index >= 15 is 0 Å². The van der Waals surface area contributed by atoms with Crippen molar-refractivity contribution in [1.29, 1.82) is 0 Å². The molecule has 118 valence electrons. The molecule has 0 spiro atoms. The SMILES string of the molecule is CCNc1cccnc1S(=O)(=O)N1CCN(C)C(CC)C1. The van der Waals surface area contributed by atoms with Crippen LogP contribution in [-0.2, 0) is 10.0 Å². The topological polar surface area (TPSA) is 65.5 Å². The number of sulfonamides is 1. The minimum atomic E-state index is -3.55. The lowest BCUT2D eigenvalue weighted by atomic mass is 10.1. The van der Waals surface area contributed by atoms with Gasteiger partial charge in [-0.25, -0.2) is 13.4 Å². The van der Waals surface area contributed by atoms with E-state index in [2.05, 4.69) is 22.1 Å². The average Bonchev–Trinajstić information content (AvgIpc) is 2.48. The monoisotopic (exact) mass is 312 g/mol. The van der Waals surface area contributed by atoms with E-state index < -0.39 is 10.0 Å². The molecule has 1 fully saturated rings. The van der Waals surface area contributed by atoms with Gasteiger partial charge in [-0.05, 0) is 32.5 Å². The summed E-state index contributed by atoms with van der Waals surface area (Å²) < 4.78 is 27.3. The van der Waals surface area contributed by atoms with E-state index in [1.165, 1.54) is 6.20 Å². The summed E-state index contributed by atoms with van der Waals surface area (Å²) in [6.45, 7) is 6.47. The Kier molecular flexibility index (Phi) is 5.18. The highest BCUT2D eigenvalue weighted by Crippen LogP contribution is 2.24. The van der Waals surface area contributed by atoms with Gasteiger partial charge in [-0.3, -0.25) is 0 Å². The predicted molar refractivity (Wildman–Crippen MR) is 83.9 cm³/mol. The highest BCUT2D eigenvalue weighted by Gasteiger charge is 2.34. The molecule has 1 N–H and O–H groups in total. The molecule has 0 aliphatic carbocycles. The third-order valence-corrected chi connectivity index (χ3v) is 5.76. The Balaban J connectivity index is 2.30. The Morgan fingerprint density at radius 1 is 1.38 bits per heavy atom. The number of anilines is 1. The summed E-state index contributed by atoms with van der Waals surface area (Å²) in [5.41, 5.74) is 0.576. The molecule has 1 aliphatic rings. The van der Waals surface area contributed by atoms with Crippen molar-refractivity contribution >= 4 is 15.7 Å². The lowest BCUT2D eigenvalue weighted by Gasteiger charge is -2.38. The number of pyridine rings is 1. The Morgan fingerprint density at radius 3 is 2.81 bits per heavy atom. The second-order valence-corrected chi connectivity index (χ2v) is 7.15. The minimum Gasteiger partial charge on any atom is -0.383 e. The smallest absolute Gasteiger partial charge is 0.262 e. The largest absolute Gasteiger partial charge is 0.383 e. The van der Waals surface area contributed by atoms with Crippen molar-refractivity contribution in [3.63, 3.8) is 0 Å². The zero-order chi connectivity index (χ0) is 15.5. The molecule has 1 saturated heterocycles. The number of hydrogen-bond acceptors (Lipinski definition) is 5. The van der Waals surface area contributed by atoms with Crippen LogP contribution in [-0.4, -0.2) is 61.9 Å². The third kappa shape index (κ3) is 3.36. The first-order valence-corrected chi connectivity index (χ1v) is 8.84. The van der Waals surface area contributed by atoms with E-state index in [1.807, 2.05) is 14.0 Å². The number of likely N-dealkylation sites (N-methyl/N-ethyl adjacent to an activating group) is 1. The summed E-state index contributed by atoms with van der Waals surface area (Å²) in [5.74, 6) is 0. The van der Waals surface area contributed by atoms with Crippen LogP contribution >= 0.6 is 0 Å². The first kappa shape index (κ1) is 16.2. The standard InChI is InChI=1S/C14H24N4O2S/c1-4-12-11-18(10-9-17(12)3)21(19,20)14-13(15-5-2)7-6-8-16-14/h6-8,12,15H,4-5,9-11H2,1-3H3. The molecule has 1 atom stereocenters. The molecule has 6 nitrogen and oxygen atoms in total. The van der Waals surface area contributed by atoms with Gasteiger partial charge in [0.2, 0.25) is 0 Å².